The average molecular weight is 413 g/mol. The number of hydrogen-bond acceptors (Lipinski definition) is 3. The first kappa shape index (κ1) is 20.1. The molecule has 2 aromatic carbocycles. The van der Waals surface area contributed by atoms with Crippen LogP contribution in [0.15, 0.2) is 47.4 Å². The van der Waals surface area contributed by atoms with E-state index in [0.717, 1.165) is 49.8 Å². The molecule has 0 aromatic heterocycles. The van der Waals surface area contributed by atoms with Gasteiger partial charge in [-0.3, -0.25) is 4.79 Å². The first-order valence-corrected chi connectivity index (χ1v) is 11.9. The second-order valence-electron chi connectivity index (χ2n) is 7.98. The first-order chi connectivity index (χ1) is 14.0. The van der Waals surface area contributed by atoms with Gasteiger partial charge in [0.15, 0.2) is 0 Å². The first-order valence-electron chi connectivity index (χ1n) is 10.5. The maximum absolute atomic E-state index is 13.5. The maximum Gasteiger partial charge on any atom is 0.258 e. The Balaban J connectivity index is 1.70. The number of piperidine rings is 1. The second-order valence-corrected chi connectivity index (χ2v) is 9.92. The summed E-state index contributed by atoms with van der Waals surface area (Å²) >= 11 is 0. The zero-order valence-electron chi connectivity index (χ0n) is 16.9. The Kier molecular flexibility index (Phi) is 5.74. The van der Waals surface area contributed by atoms with Crippen LogP contribution in [0.25, 0.3) is 0 Å². The Hall–Kier alpha value is -2.18. The summed E-state index contributed by atoms with van der Waals surface area (Å²) in [5.74, 6) is -0.118. The molecule has 29 heavy (non-hydrogen) atoms. The number of carbonyl (C=O) groups excluding carboxylic acids is 1. The van der Waals surface area contributed by atoms with E-state index in [2.05, 4.69) is 6.07 Å². The highest BCUT2D eigenvalue weighted by Gasteiger charge is 2.29. The fourth-order valence-corrected chi connectivity index (χ4v) is 5.84. The third kappa shape index (κ3) is 3.96. The highest BCUT2D eigenvalue weighted by molar-refractivity contribution is 7.89. The van der Waals surface area contributed by atoms with Crippen molar-refractivity contribution in [3.05, 3.63) is 59.2 Å². The van der Waals surface area contributed by atoms with Crippen molar-refractivity contribution in [3.63, 3.8) is 0 Å². The van der Waals surface area contributed by atoms with Gasteiger partial charge in [0.25, 0.3) is 5.91 Å². The van der Waals surface area contributed by atoms with Crippen LogP contribution in [0.2, 0.25) is 0 Å². The molecule has 2 aromatic rings. The Morgan fingerprint density at radius 3 is 2.41 bits per heavy atom. The number of nitrogens with zero attached hydrogens (tertiary/aromatic N) is 2. The molecule has 0 unspecified atom stereocenters. The molecular weight excluding hydrogens is 384 g/mol. The van der Waals surface area contributed by atoms with Gasteiger partial charge in [0, 0.05) is 30.9 Å². The summed E-state index contributed by atoms with van der Waals surface area (Å²) in [6, 6.07) is 13.0. The minimum absolute atomic E-state index is 0.118. The number of para-hydroxylation sites is 1. The smallest absolute Gasteiger partial charge is 0.258 e. The summed E-state index contributed by atoms with van der Waals surface area (Å²) in [4.78, 5) is 15.5. The lowest BCUT2D eigenvalue weighted by molar-refractivity contribution is 0.0986. The second kappa shape index (κ2) is 8.28. The minimum atomic E-state index is -3.57. The normalized spacial score (nSPS) is 18.2. The molecule has 4 rings (SSSR count). The molecule has 0 aliphatic carbocycles. The van der Waals surface area contributed by atoms with Crippen molar-refractivity contribution in [3.8, 4) is 0 Å². The number of rotatable bonds is 3. The van der Waals surface area contributed by atoms with Gasteiger partial charge >= 0.3 is 0 Å². The van der Waals surface area contributed by atoms with Gasteiger partial charge in [0.05, 0.1) is 4.90 Å². The number of hydrogen-bond donors (Lipinski definition) is 0. The van der Waals surface area contributed by atoms with E-state index in [-0.39, 0.29) is 10.8 Å². The molecule has 1 fully saturated rings. The van der Waals surface area contributed by atoms with Crippen molar-refractivity contribution in [1.82, 2.24) is 4.31 Å². The standard InChI is InChI=1S/C23H28N2O3S/c1-18-12-13-20(29(27,28)24-14-6-2-7-15-24)17-21(18)23(26)25-16-8-5-10-19-9-3-4-11-22(19)25/h3-4,9,11-13,17H,2,5-8,10,14-16H2,1H3. The maximum atomic E-state index is 13.5. The van der Waals surface area contributed by atoms with Crippen molar-refractivity contribution in [2.45, 2.75) is 50.3 Å². The molecule has 0 atom stereocenters. The predicted octanol–water partition coefficient (Wildman–Crippen LogP) is 4.15. The molecule has 1 saturated heterocycles. The Morgan fingerprint density at radius 1 is 0.897 bits per heavy atom. The summed E-state index contributed by atoms with van der Waals surface area (Å²) in [6.45, 7) is 3.63. The molecular formula is C23H28N2O3S. The van der Waals surface area contributed by atoms with Crippen molar-refractivity contribution in [1.29, 1.82) is 0 Å². The lowest BCUT2D eigenvalue weighted by atomic mass is 10.1. The van der Waals surface area contributed by atoms with Crippen LogP contribution < -0.4 is 4.90 Å². The number of benzene rings is 2. The van der Waals surface area contributed by atoms with Crippen molar-refractivity contribution in [2.75, 3.05) is 24.5 Å². The van der Waals surface area contributed by atoms with Crippen LogP contribution in [0.3, 0.4) is 0 Å². The van der Waals surface area contributed by atoms with Crippen LogP contribution in [-0.4, -0.2) is 38.3 Å². The SMILES string of the molecule is Cc1ccc(S(=O)(=O)N2CCCCC2)cc1C(=O)N1CCCCc2ccccc21. The van der Waals surface area contributed by atoms with Crippen LogP contribution in [-0.2, 0) is 16.4 Å². The quantitative estimate of drug-likeness (QED) is 0.761. The van der Waals surface area contributed by atoms with E-state index in [9.17, 15) is 13.2 Å². The molecule has 0 saturated carbocycles. The van der Waals surface area contributed by atoms with E-state index in [1.807, 2.05) is 30.0 Å². The largest absolute Gasteiger partial charge is 0.308 e. The van der Waals surface area contributed by atoms with E-state index >= 15 is 0 Å². The van der Waals surface area contributed by atoms with Crippen LogP contribution in [0.1, 0.15) is 53.6 Å². The Labute approximate surface area is 173 Å². The van der Waals surface area contributed by atoms with Gasteiger partial charge in [0.1, 0.15) is 0 Å². The molecule has 6 heteroatoms. The minimum Gasteiger partial charge on any atom is -0.308 e. The van der Waals surface area contributed by atoms with Gasteiger partial charge < -0.3 is 4.90 Å². The zero-order chi connectivity index (χ0) is 20.4. The van der Waals surface area contributed by atoms with Gasteiger partial charge in [-0.25, -0.2) is 8.42 Å². The molecule has 0 bridgehead atoms. The topological polar surface area (TPSA) is 57.7 Å². The molecule has 154 valence electrons. The number of aryl methyl sites for hydroxylation is 2. The molecule has 0 radical (unpaired) electrons. The number of carbonyl (C=O) groups is 1. The van der Waals surface area contributed by atoms with E-state index in [1.54, 1.807) is 22.5 Å². The average Bonchev–Trinajstić information content (AvgIpc) is 2.96. The lowest BCUT2D eigenvalue weighted by Crippen LogP contribution is -2.36. The summed E-state index contributed by atoms with van der Waals surface area (Å²) < 4.78 is 27.8. The van der Waals surface area contributed by atoms with Crippen LogP contribution in [0, 0.1) is 6.92 Å². The molecule has 0 spiro atoms. The number of amides is 1. The van der Waals surface area contributed by atoms with Crippen molar-refractivity contribution < 1.29 is 13.2 Å². The summed E-state index contributed by atoms with van der Waals surface area (Å²) in [5.41, 5.74) is 3.39. The van der Waals surface area contributed by atoms with E-state index in [0.29, 0.717) is 25.2 Å². The Morgan fingerprint density at radius 2 is 1.62 bits per heavy atom. The molecule has 2 heterocycles. The zero-order valence-corrected chi connectivity index (χ0v) is 17.7. The fourth-order valence-electron chi connectivity index (χ4n) is 4.29. The van der Waals surface area contributed by atoms with Crippen LogP contribution in [0.5, 0.6) is 0 Å². The van der Waals surface area contributed by atoms with Gasteiger partial charge in [-0.15, -0.1) is 0 Å². The van der Waals surface area contributed by atoms with E-state index in [4.69, 9.17) is 0 Å². The number of fused-ring (bicyclic) bond motifs is 1. The third-order valence-corrected chi connectivity index (χ3v) is 7.89. The molecule has 5 nitrogen and oxygen atoms in total. The molecule has 0 N–H and O–H groups in total. The Bertz CT molecular complexity index is 1010. The predicted molar refractivity (Wildman–Crippen MR) is 115 cm³/mol. The lowest BCUT2D eigenvalue weighted by Gasteiger charge is -2.27. The van der Waals surface area contributed by atoms with Gasteiger partial charge in [0.2, 0.25) is 10.0 Å². The van der Waals surface area contributed by atoms with Gasteiger partial charge in [-0.05, 0) is 68.4 Å². The number of anilines is 1. The third-order valence-electron chi connectivity index (χ3n) is 6.00. The molecule has 2 aliphatic rings. The summed E-state index contributed by atoms with van der Waals surface area (Å²) in [7, 11) is -3.57. The highest BCUT2D eigenvalue weighted by atomic mass is 32.2. The fraction of sp³-hybridized carbons (Fsp3) is 0.435. The summed E-state index contributed by atoms with van der Waals surface area (Å²) in [6.07, 6.45) is 5.79. The van der Waals surface area contributed by atoms with Crippen molar-refractivity contribution >= 4 is 21.6 Å². The molecule has 2 aliphatic heterocycles. The molecule has 1 amide bonds. The number of sulfonamides is 1. The van der Waals surface area contributed by atoms with Crippen LogP contribution in [0.4, 0.5) is 5.69 Å². The monoisotopic (exact) mass is 412 g/mol. The van der Waals surface area contributed by atoms with Crippen molar-refractivity contribution in [2.24, 2.45) is 0 Å². The summed E-state index contributed by atoms with van der Waals surface area (Å²) in [5, 5.41) is 0. The van der Waals surface area contributed by atoms with Gasteiger partial charge in [-0.2, -0.15) is 4.31 Å². The van der Waals surface area contributed by atoms with Crippen LogP contribution >= 0.6 is 0 Å². The van der Waals surface area contributed by atoms with E-state index in [1.165, 1.54) is 5.56 Å². The van der Waals surface area contributed by atoms with Gasteiger partial charge in [-0.1, -0.05) is 30.7 Å². The van der Waals surface area contributed by atoms with E-state index < -0.39 is 10.0 Å². The highest BCUT2D eigenvalue weighted by Crippen LogP contribution is 2.29.